The van der Waals surface area contributed by atoms with Crippen molar-refractivity contribution in [3.8, 4) is 0 Å². The standard InChI is InChI=1S/C12H14BrClF3N/c1-6-10(5-18-11(6)14)7-2-8(12(15,16)17)4-9(13)3-7/h2,8-10,18H,3-5H2,1H3. The third kappa shape index (κ3) is 2.87. The monoisotopic (exact) mass is 343 g/mol. The van der Waals surface area contributed by atoms with Gasteiger partial charge in [-0.1, -0.05) is 39.2 Å². The minimum Gasteiger partial charge on any atom is -0.375 e. The maximum Gasteiger partial charge on any atom is 0.395 e. The van der Waals surface area contributed by atoms with Gasteiger partial charge in [-0.2, -0.15) is 13.2 Å². The highest BCUT2D eigenvalue weighted by Gasteiger charge is 2.42. The van der Waals surface area contributed by atoms with Crippen LogP contribution in [0.1, 0.15) is 19.8 Å². The van der Waals surface area contributed by atoms with Crippen LogP contribution in [0, 0.1) is 11.8 Å². The molecule has 0 bridgehead atoms. The van der Waals surface area contributed by atoms with Crippen LogP contribution in [0.5, 0.6) is 0 Å². The molecule has 18 heavy (non-hydrogen) atoms. The second-order valence-corrected chi connectivity index (χ2v) is 6.53. The molecule has 3 atom stereocenters. The number of allylic oxidation sites excluding steroid dienone is 1. The minimum absolute atomic E-state index is 0.00250. The van der Waals surface area contributed by atoms with Crippen LogP contribution < -0.4 is 5.32 Å². The molecule has 0 radical (unpaired) electrons. The van der Waals surface area contributed by atoms with Gasteiger partial charge in [0.25, 0.3) is 0 Å². The lowest BCUT2D eigenvalue weighted by molar-refractivity contribution is -0.163. The molecule has 1 aliphatic carbocycles. The average molecular weight is 345 g/mol. The highest BCUT2D eigenvalue weighted by molar-refractivity contribution is 9.09. The summed E-state index contributed by atoms with van der Waals surface area (Å²) in [5.74, 6) is -1.35. The highest BCUT2D eigenvalue weighted by Crippen LogP contribution is 2.42. The summed E-state index contributed by atoms with van der Waals surface area (Å²) >= 11 is 9.28. The van der Waals surface area contributed by atoms with E-state index in [1.165, 1.54) is 6.08 Å². The number of nitrogens with one attached hydrogen (secondary N) is 1. The van der Waals surface area contributed by atoms with Crippen molar-refractivity contribution < 1.29 is 13.2 Å². The van der Waals surface area contributed by atoms with Gasteiger partial charge in [0.1, 0.15) is 5.16 Å². The van der Waals surface area contributed by atoms with Crippen LogP contribution in [0.4, 0.5) is 13.2 Å². The van der Waals surface area contributed by atoms with Crippen LogP contribution in [0.3, 0.4) is 0 Å². The van der Waals surface area contributed by atoms with E-state index in [9.17, 15) is 13.2 Å². The number of hydrogen-bond donors (Lipinski definition) is 1. The van der Waals surface area contributed by atoms with Crippen molar-refractivity contribution in [2.75, 3.05) is 6.54 Å². The third-order valence-electron chi connectivity index (χ3n) is 3.58. The molecule has 1 heterocycles. The Bertz CT molecular complexity index is 403. The molecule has 0 spiro atoms. The van der Waals surface area contributed by atoms with E-state index in [0.29, 0.717) is 18.1 Å². The summed E-state index contributed by atoms with van der Waals surface area (Å²) < 4.78 is 38.5. The van der Waals surface area contributed by atoms with Gasteiger partial charge in [-0.25, -0.2) is 0 Å². The summed E-state index contributed by atoms with van der Waals surface area (Å²) in [6, 6.07) is 0. The second-order valence-electron chi connectivity index (χ2n) is 4.86. The zero-order chi connectivity index (χ0) is 13.5. The van der Waals surface area contributed by atoms with Gasteiger partial charge in [-0.3, -0.25) is 0 Å². The van der Waals surface area contributed by atoms with E-state index in [0.717, 1.165) is 11.1 Å². The first-order chi connectivity index (χ1) is 8.29. The topological polar surface area (TPSA) is 12.0 Å². The Kier molecular flexibility index (Phi) is 4.02. The molecule has 1 aliphatic heterocycles. The van der Waals surface area contributed by atoms with Gasteiger partial charge in [-0.15, -0.1) is 0 Å². The van der Waals surface area contributed by atoms with Gasteiger partial charge in [0, 0.05) is 17.3 Å². The Morgan fingerprint density at radius 2 is 2.11 bits per heavy atom. The van der Waals surface area contributed by atoms with Gasteiger partial charge in [0.05, 0.1) is 5.92 Å². The van der Waals surface area contributed by atoms with Gasteiger partial charge in [-0.05, 0) is 25.3 Å². The first-order valence-corrected chi connectivity index (χ1v) is 7.10. The Balaban J connectivity index is 2.25. The SMILES string of the molecule is CC1=C(Cl)NCC1C1=CC(C(F)(F)F)CC(Br)C1. The predicted octanol–water partition coefficient (Wildman–Crippen LogP) is 4.34. The molecule has 2 rings (SSSR count). The second kappa shape index (κ2) is 5.08. The van der Waals surface area contributed by atoms with Gasteiger partial charge in [0.2, 0.25) is 0 Å². The van der Waals surface area contributed by atoms with E-state index in [2.05, 4.69) is 21.2 Å². The largest absolute Gasteiger partial charge is 0.395 e. The fourth-order valence-electron chi connectivity index (χ4n) is 2.54. The van der Waals surface area contributed by atoms with Crippen LogP contribution >= 0.6 is 27.5 Å². The lowest BCUT2D eigenvalue weighted by atomic mass is 9.82. The molecule has 6 heteroatoms. The van der Waals surface area contributed by atoms with E-state index in [1.54, 1.807) is 0 Å². The normalized spacial score (nSPS) is 33.4. The maximum absolute atomic E-state index is 12.8. The molecule has 2 aliphatic rings. The molecule has 0 aromatic carbocycles. The van der Waals surface area contributed by atoms with Gasteiger partial charge >= 0.3 is 6.18 Å². The van der Waals surface area contributed by atoms with Crippen LogP contribution in [-0.4, -0.2) is 17.5 Å². The first kappa shape index (κ1) is 14.3. The zero-order valence-electron chi connectivity index (χ0n) is 9.82. The van der Waals surface area contributed by atoms with Crippen LogP contribution in [0.2, 0.25) is 0 Å². The molecule has 0 saturated carbocycles. The van der Waals surface area contributed by atoms with Crippen molar-refractivity contribution in [2.45, 2.75) is 30.8 Å². The molecular weight excluding hydrogens is 330 g/mol. The van der Waals surface area contributed by atoms with Crippen molar-refractivity contribution in [2.24, 2.45) is 11.8 Å². The van der Waals surface area contributed by atoms with E-state index >= 15 is 0 Å². The lowest BCUT2D eigenvalue weighted by Crippen LogP contribution is -2.29. The molecule has 0 aromatic heterocycles. The van der Waals surface area contributed by atoms with Crippen molar-refractivity contribution in [3.63, 3.8) is 0 Å². The summed E-state index contributed by atoms with van der Waals surface area (Å²) in [4.78, 5) is -0.115. The fourth-order valence-corrected chi connectivity index (χ4v) is 3.53. The molecule has 1 nitrogen and oxygen atoms in total. The molecule has 1 N–H and O–H groups in total. The van der Waals surface area contributed by atoms with Crippen molar-refractivity contribution >= 4 is 27.5 Å². The van der Waals surface area contributed by atoms with E-state index in [4.69, 9.17) is 11.6 Å². The molecular formula is C12H14BrClF3N. The fraction of sp³-hybridized carbons (Fsp3) is 0.667. The Labute approximate surface area is 118 Å². The van der Waals surface area contributed by atoms with Crippen molar-refractivity contribution in [1.29, 1.82) is 0 Å². The van der Waals surface area contributed by atoms with E-state index in [-0.39, 0.29) is 17.2 Å². The van der Waals surface area contributed by atoms with Gasteiger partial charge in [0.15, 0.2) is 0 Å². The summed E-state index contributed by atoms with van der Waals surface area (Å²) in [5.41, 5.74) is 1.77. The van der Waals surface area contributed by atoms with Crippen molar-refractivity contribution in [1.82, 2.24) is 5.32 Å². The molecule has 0 fully saturated rings. The quantitative estimate of drug-likeness (QED) is 0.424. The summed E-state index contributed by atoms with van der Waals surface area (Å²) in [6.45, 7) is 2.47. The zero-order valence-corrected chi connectivity index (χ0v) is 12.2. The smallest absolute Gasteiger partial charge is 0.375 e. The minimum atomic E-state index is -4.16. The average Bonchev–Trinajstić information content (AvgIpc) is 2.58. The Hall–Kier alpha value is -0.160. The molecule has 0 saturated heterocycles. The van der Waals surface area contributed by atoms with Gasteiger partial charge < -0.3 is 5.32 Å². The molecule has 3 unspecified atom stereocenters. The van der Waals surface area contributed by atoms with E-state index < -0.39 is 12.1 Å². The van der Waals surface area contributed by atoms with Crippen LogP contribution in [-0.2, 0) is 0 Å². The maximum atomic E-state index is 12.8. The lowest BCUT2D eigenvalue weighted by Gasteiger charge is -2.29. The van der Waals surface area contributed by atoms with E-state index in [1.807, 2.05) is 6.92 Å². The number of rotatable bonds is 1. The van der Waals surface area contributed by atoms with Crippen molar-refractivity contribution in [3.05, 3.63) is 22.4 Å². The summed E-state index contributed by atoms with van der Waals surface area (Å²) in [5, 5.41) is 3.56. The highest BCUT2D eigenvalue weighted by atomic mass is 79.9. The number of hydrogen-bond acceptors (Lipinski definition) is 1. The molecule has 0 aromatic rings. The Morgan fingerprint density at radius 3 is 2.61 bits per heavy atom. The predicted molar refractivity (Wildman–Crippen MR) is 69.6 cm³/mol. The Morgan fingerprint density at radius 1 is 1.44 bits per heavy atom. The summed E-state index contributed by atoms with van der Waals surface area (Å²) in [6.07, 6.45) is -2.00. The first-order valence-electron chi connectivity index (χ1n) is 5.80. The molecule has 102 valence electrons. The third-order valence-corrected chi connectivity index (χ3v) is 4.71. The number of halogens is 5. The van der Waals surface area contributed by atoms with Crippen LogP contribution in [0.25, 0.3) is 0 Å². The van der Waals surface area contributed by atoms with Crippen LogP contribution in [0.15, 0.2) is 22.4 Å². The number of alkyl halides is 4. The molecule has 0 amide bonds. The summed E-state index contributed by atoms with van der Waals surface area (Å²) in [7, 11) is 0.